The van der Waals surface area contributed by atoms with Crippen LogP contribution >= 0.6 is 0 Å². The summed E-state index contributed by atoms with van der Waals surface area (Å²) >= 11 is 0. The smallest absolute Gasteiger partial charge is 0.282 e. The van der Waals surface area contributed by atoms with E-state index in [-0.39, 0.29) is 24.5 Å². The highest BCUT2D eigenvalue weighted by Gasteiger charge is 2.16. The molecule has 20 heteroatoms. The van der Waals surface area contributed by atoms with E-state index in [4.69, 9.17) is 22.8 Å². The van der Waals surface area contributed by atoms with Gasteiger partial charge in [0.2, 0.25) is 0 Å². The third kappa shape index (κ3) is 17.1. The lowest BCUT2D eigenvalue weighted by Crippen LogP contribution is -2.04. The van der Waals surface area contributed by atoms with E-state index < -0.39 is 50.6 Å². The molecule has 0 fully saturated rings. The predicted octanol–water partition coefficient (Wildman–Crippen LogP) is 8.29. The van der Waals surface area contributed by atoms with Crippen LogP contribution in [0.15, 0.2) is 140 Å². The maximum absolute atomic E-state index is 10.9. The fourth-order valence-corrected chi connectivity index (χ4v) is 9.13. The summed E-state index contributed by atoms with van der Waals surface area (Å²) in [6.45, 7) is 14.0. The zero-order valence-corrected chi connectivity index (χ0v) is 38.9. The third-order valence-electron chi connectivity index (χ3n) is 8.43. The Morgan fingerprint density at radius 2 is 0.726 bits per heavy atom. The molecule has 15 nitrogen and oxygen atoms in total. The zero-order chi connectivity index (χ0) is 47.6. The lowest BCUT2D eigenvalue weighted by Gasteiger charge is -2.07. The Morgan fingerprint density at radius 1 is 0.306 bits per heavy atom. The van der Waals surface area contributed by atoms with E-state index in [0.717, 1.165) is 33.0 Å². The molecule has 0 aliphatic rings. The number of fused-ring (bicyclic) bond motifs is 1. The molecule has 0 saturated carbocycles. The normalized spacial score (nSPS) is 11.6. The second-order valence-electron chi connectivity index (χ2n) is 14.0. The van der Waals surface area contributed by atoms with Crippen molar-refractivity contribution in [3.63, 3.8) is 0 Å². The second-order valence-corrected chi connectivity index (χ2v) is 20.9. The maximum atomic E-state index is 10.9. The van der Waals surface area contributed by atoms with Crippen molar-refractivity contribution in [1.29, 1.82) is 0 Å². The van der Waals surface area contributed by atoms with E-state index in [0.29, 0.717) is 22.3 Å². The summed E-state index contributed by atoms with van der Waals surface area (Å²) in [6, 6.07) is 31.0. The standard InChI is InChI=1S/C10H8O3S.C9H12O3S.2C8H10O3S.C7H8O3S/c11-14(12,13)10-6-5-8-3-1-2-4-9(8)7-10;1-6-4-7(2)9(8(3)5-6)13(10,11)12;1-6-3-4-8(7(2)5-6)12(9,10)11;1-6-3-4-7(2)8(5-6)12(9,10)11;1-6-2-4-7(5-3-6)11(8,9)10/h1-7H,(H,11,12,13);4-5H,1-3H3,(H,10,11,12);2*3-5H,1-2H3,(H,9,10,11);2-5H,1H3,(H,8,9,10). The van der Waals surface area contributed by atoms with Crippen LogP contribution in [0.1, 0.15) is 44.5 Å². The Kier molecular flexibility index (Phi) is 18.4. The van der Waals surface area contributed by atoms with Crippen LogP contribution in [0.5, 0.6) is 0 Å². The summed E-state index contributed by atoms with van der Waals surface area (Å²) in [6.07, 6.45) is 0. The van der Waals surface area contributed by atoms with Crippen molar-refractivity contribution in [2.75, 3.05) is 0 Å². The van der Waals surface area contributed by atoms with E-state index in [9.17, 15) is 42.1 Å². The number of hydrogen-bond donors (Lipinski definition) is 5. The summed E-state index contributed by atoms with van der Waals surface area (Å²) in [7, 11) is -20.3. The molecule has 6 aromatic carbocycles. The molecule has 62 heavy (non-hydrogen) atoms. The third-order valence-corrected chi connectivity index (χ3v) is 13.3. The fourth-order valence-electron chi connectivity index (χ4n) is 5.69. The molecule has 0 unspecified atom stereocenters. The molecule has 0 spiro atoms. The van der Waals surface area contributed by atoms with Crippen molar-refractivity contribution < 1.29 is 64.9 Å². The first-order chi connectivity index (χ1) is 28.2. The molecular weight excluding hydrogens is 905 g/mol. The summed E-state index contributed by atoms with van der Waals surface area (Å²) in [5, 5.41) is 1.74. The minimum atomic E-state index is -4.09. The molecule has 0 aromatic heterocycles. The Labute approximate surface area is 363 Å². The number of benzene rings is 6. The van der Waals surface area contributed by atoms with Crippen LogP contribution in [-0.4, -0.2) is 64.9 Å². The molecule has 0 atom stereocenters. The van der Waals surface area contributed by atoms with Gasteiger partial charge in [-0.15, -0.1) is 0 Å². The predicted molar refractivity (Wildman–Crippen MR) is 237 cm³/mol. The Bertz CT molecular complexity index is 3090. The summed E-state index contributed by atoms with van der Waals surface area (Å²) in [5.74, 6) is 0. The van der Waals surface area contributed by atoms with Gasteiger partial charge in [-0.3, -0.25) is 22.8 Å². The molecule has 336 valence electrons. The van der Waals surface area contributed by atoms with Gasteiger partial charge in [0.15, 0.2) is 0 Å². The van der Waals surface area contributed by atoms with E-state index in [2.05, 4.69) is 0 Å². The van der Waals surface area contributed by atoms with Crippen molar-refractivity contribution >= 4 is 61.4 Å². The minimum Gasteiger partial charge on any atom is -0.282 e. The van der Waals surface area contributed by atoms with Crippen LogP contribution in [0.4, 0.5) is 0 Å². The summed E-state index contributed by atoms with van der Waals surface area (Å²) in [4.78, 5) is -0.145. The average Bonchev–Trinajstić information content (AvgIpc) is 3.11. The molecule has 5 N–H and O–H groups in total. The monoisotopic (exact) mass is 952 g/mol. The zero-order valence-electron chi connectivity index (χ0n) is 34.8. The van der Waals surface area contributed by atoms with Crippen LogP contribution in [0.25, 0.3) is 10.8 Å². The van der Waals surface area contributed by atoms with Gasteiger partial charge in [-0.05, 0) is 130 Å². The first-order valence-electron chi connectivity index (χ1n) is 17.9. The lowest BCUT2D eigenvalue weighted by molar-refractivity contribution is 0.479. The Balaban J connectivity index is 0.000000267. The highest BCUT2D eigenvalue weighted by Crippen LogP contribution is 2.22. The van der Waals surface area contributed by atoms with Crippen LogP contribution in [0.3, 0.4) is 0 Å². The molecule has 0 saturated heterocycles. The van der Waals surface area contributed by atoms with Gasteiger partial charge in [0, 0.05) is 0 Å². The van der Waals surface area contributed by atoms with Crippen LogP contribution in [0.2, 0.25) is 0 Å². The van der Waals surface area contributed by atoms with Crippen molar-refractivity contribution in [1.82, 2.24) is 0 Å². The van der Waals surface area contributed by atoms with Gasteiger partial charge in [-0.1, -0.05) is 95.6 Å². The van der Waals surface area contributed by atoms with Crippen LogP contribution in [0, 0.1) is 55.4 Å². The molecule has 0 aliphatic heterocycles. The first-order valence-corrected chi connectivity index (χ1v) is 25.1. The van der Waals surface area contributed by atoms with E-state index in [1.165, 1.54) is 36.4 Å². The molecule has 0 aliphatic carbocycles. The van der Waals surface area contributed by atoms with Crippen molar-refractivity contribution in [2.24, 2.45) is 0 Å². The highest BCUT2D eigenvalue weighted by atomic mass is 32.2. The SMILES string of the molecule is Cc1cc(C)c(S(=O)(=O)O)c(C)c1.Cc1ccc(C)c(S(=O)(=O)O)c1.Cc1ccc(S(=O)(=O)O)c(C)c1.Cc1ccc(S(=O)(=O)O)cc1.O=S(=O)(O)c1ccc2ccccc2c1. The molecule has 0 amide bonds. The van der Waals surface area contributed by atoms with Crippen molar-refractivity contribution in [3.8, 4) is 0 Å². The number of hydrogen-bond acceptors (Lipinski definition) is 10. The quantitative estimate of drug-likeness (QED) is 0.102. The van der Waals surface area contributed by atoms with Gasteiger partial charge in [-0.25, -0.2) is 0 Å². The molecule has 6 aromatic rings. The topological polar surface area (TPSA) is 272 Å². The van der Waals surface area contributed by atoms with Gasteiger partial charge < -0.3 is 0 Å². The molecular formula is C42H48O15S5. The van der Waals surface area contributed by atoms with E-state index >= 15 is 0 Å². The van der Waals surface area contributed by atoms with Gasteiger partial charge >= 0.3 is 0 Å². The molecule has 6 rings (SSSR count). The van der Waals surface area contributed by atoms with Crippen molar-refractivity contribution in [2.45, 2.75) is 79.9 Å². The van der Waals surface area contributed by atoms with Gasteiger partial charge in [0.1, 0.15) is 0 Å². The maximum Gasteiger partial charge on any atom is 0.295 e. The van der Waals surface area contributed by atoms with Gasteiger partial charge in [0.05, 0.1) is 24.5 Å². The van der Waals surface area contributed by atoms with Gasteiger partial charge in [-0.2, -0.15) is 42.1 Å². The van der Waals surface area contributed by atoms with E-state index in [1.807, 2.05) is 39.0 Å². The lowest BCUT2D eigenvalue weighted by atomic mass is 10.1. The molecule has 0 heterocycles. The second kappa shape index (κ2) is 21.5. The largest absolute Gasteiger partial charge is 0.295 e. The van der Waals surface area contributed by atoms with Crippen molar-refractivity contribution in [3.05, 3.63) is 160 Å². The highest BCUT2D eigenvalue weighted by molar-refractivity contribution is 7.86. The molecule has 0 radical (unpaired) electrons. The summed E-state index contributed by atoms with van der Waals surface area (Å²) in [5.41, 5.74) is 6.02. The first kappa shape index (κ1) is 53.3. The van der Waals surface area contributed by atoms with Gasteiger partial charge in [0.25, 0.3) is 50.6 Å². The molecule has 0 bridgehead atoms. The average molecular weight is 953 g/mol. The van der Waals surface area contributed by atoms with Crippen LogP contribution < -0.4 is 0 Å². The summed E-state index contributed by atoms with van der Waals surface area (Å²) < 4.78 is 151. The number of aryl methyl sites for hydroxylation is 8. The minimum absolute atomic E-state index is 0.0116. The number of rotatable bonds is 5. The Morgan fingerprint density at radius 3 is 1.16 bits per heavy atom. The fraction of sp³-hybridized carbons (Fsp3) is 0.190. The van der Waals surface area contributed by atoms with E-state index in [1.54, 1.807) is 95.3 Å². The van der Waals surface area contributed by atoms with Crippen LogP contribution in [-0.2, 0) is 50.6 Å². The Hall–Kier alpha value is -4.87.